The molecule has 31 heavy (non-hydrogen) atoms. The molecule has 2 fully saturated rings. The summed E-state index contributed by atoms with van der Waals surface area (Å²) in [4.78, 5) is 15.0. The molecule has 4 rings (SSSR count). The first-order valence-corrected chi connectivity index (χ1v) is 13.5. The largest absolute Gasteiger partial charge is 0.445 e. The highest BCUT2D eigenvalue weighted by atomic mass is 32.1. The van der Waals surface area contributed by atoms with Gasteiger partial charge in [0, 0.05) is 37.7 Å². The van der Waals surface area contributed by atoms with Gasteiger partial charge < -0.3 is 14.3 Å². The third kappa shape index (κ3) is 5.33. The molecular weight excluding hydrogens is 428 g/mol. The maximum absolute atomic E-state index is 13.2. The second-order valence-electron chi connectivity index (χ2n) is 9.27. The molecule has 2 unspecified atom stereocenters. The van der Waals surface area contributed by atoms with E-state index < -0.39 is 0 Å². The minimum atomic E-state index is -0.214. The first kappa shape index (κ1) is 22.8. The van der Waals surface area contributed by atoms with Gasteiger partial charge in [-0.25, -0.2) is 4.79 Å². The normalized spacial score (nSPS) is 27.4. The van der Waals surface area contributed by atoms with Crippen LogP contribution in [0.3, 0.4) is 0 Å². The van der Waals surface area contributed by atoms with Crippen molar-refractivity contribution in [1.29, 1.82) is 0 Å². The maximum atomic E-state index is 13.2. The van der Waals surface area contributed by atoms with Crippen LogP contribution >= 0.6 is 22.7 Å². The molecule has 1 amide bonds. The zero-order valence-electron chi connectivity index (χ0n) is 18.4. The van der Waals surface area contributed by atoms with Gasteiger partial charge in [-0.3, -0.25) is 4.90 Å². The number of aliphatic hydroxyl groups excluding tert-OH is 1. The van der Waals surface area contributed by atoms with Gasteiger partial charge in [0.15, 0.2) is 0 Å². The number of piperidine rings is 1. The van der Waals surface area contributed by atoms with E-state index in [9.17, 15) is 4.79 Å². The van der Waals surface area contributed by atoms with E-state index in [1.165, 1.54) is 32.2 Å². The molecule has 2 saturated heterocycles. The van der Waals surface area contributed by atoms with E-state index in [4.69, 9.17) is 9.84 Å². The summed E-state index contributed by atoms with van der Waals surface area (Å²) in [6.45, 7) is 2.07. The third-order valence-corrected chi connectivity index (χ3v) is 8.75. The fraction of sp³-hybridized carbons (Fsp3) is 0.625. The predicted molar refractivity (Wildman–Crippen MR) is 128 cm³/mol. The lowest BCUT2D eigenvalue weighted by Crippen LogP contribution is -2.59. The van der Waals surface area contributed by atoms with E-state index in [2.05, 4.69) is 18.5 Å². The van der Waals surface area contributed by atoms with Crippen LogP contribution in [0.1, 0.15) is 56.9 Å². The van der Waals surface area contributed by atoms with Crippen LogP contribution in [-0.2, 0) is 11.3 Å². The van der Waals surface area contributed by atoms with E-state index >= 15 is 0 Å². The van der Waals surface area contributed by atoms with E-state index in [0.29, 0.717) is 25.2 Å². The van der Waals surface area contributed by atoms with Crippen molar-refractivity contribution in [3.8, 4) is 0 Å². The number of unbranched alkanes of at least 4 members (excludes halogenated alkanes) is 3. The van der Waals surface area contributed by atoms with Crippen LogP contribution in [-0.4, -0.2) is 54.1 Å². The molecule has 4 heterocycles. The number of nitrogens with zero attached hydrogens (tertiary/aromatic N) is 2. The molecule has 0 radical (unpaired) electrons. The van der Waals surface area contributed by atoms with Crippen LogP contribution in [0.25, 0.3) is 0 Å². The molecular formula is C24H35N2O3S2+. The molecule has 2 bridgehead atoms. The molecule has 0 aromatic carbocycles. The minimum absolute atomic E-state index is 0.0224. The Balaban J connectivity index is 1.35. The van der Waals surface area contributed by atoms with Crippen molar-refractivity contribution < 1.29 is 19.1 Å². The number of carbonyl (C=O) groups is 1. The van der Waals surface area contributed by atoms with Gasteiger partial charge in [-0.2, -0.15) is 22.7 Å². The summed E-state index contributed by atoms with van der Waals surface area (Å²) < 4.78 is 7.26. The predicted octanol–water partition coefficient (Wildman–Crippen LogP) is 5.65. The molecule has 0 aliphatic carbocycles. The molecule has 0 saturated carbocycles. The number of carbonyl (C=O) groups excluding carboxylic acids is 1. The summed E-state index contributed by atoms with van der Waals surface area (Å²) in [6.07, 6.45) is 8.71. The van der Waals surface area contributed by atoms with Gasteiger partial charge in [0.1, 0.15) is 6.10 Å². The van der Waals surface area contributed by atoms with Crippen molar-refractivity contribution >= 4 is 34.5 Å². The van der Waals surface area contributed by atoms with E-state index in [0.717, 1.165) is 41.4 Å². The van der Waals surface area contributed by atoms with E-state index in [1.807, 2.05) is 22.2 Å². The van der Waals surface area contributed by atoms with Crippen molar-refractivity contribution in [2.45, 2.75) is 76.1 Å². The summed E-state index contributed by atoms with van der Waals surface area (Å²) in [5.41, 5.74) is 2.06. The Morgan fingerprint density at radius 2 is 1.81 bits per heavy atom. The van der Waals surface area contributed by atoms with Crippen LogP contribution in [0.2, 0.25) is 0 Å². The lowest BCUT2D eigenvalue weighted by atomic mass is 9.96. The van der Waals surface area contributed by atoms with Crippen molar-refractivity contribution in [3.63, 3.8) is 0 Å². The molecule has 2 aliphatic rings. The molecule has 2 aromatic heterocycles. The Morgan fingerprint density at radius 3 is 2.45 bits per heavy atom. The highest BCUT2D eigenvalue weighted by Crippen LogP contribution is 2.42. The monoisotopic (exact) mass is 463 g/mol. The topological polar surface area (TPSA) is 49.8 Å². The van der Waals surface area contributed by atoms with Gasteiger partial charge >= 0.3 is 6.09 Å². The van der Waals surface area contributed by atoms with E-state index in [-0.39, 0.29) is 12.2 Å². The van der Waals surface area contributed by atoms with Gasteiger partial charge in [-0.15, -0.1) is 0 Å². The molecule has 1 N–H and O–H groups in total. The number of thiophene rings is 2. The Hall–Kier alpha value is -1.41. The van der Waals surface area contributed by atoms with Gasteiger partial charge in [0.2, 0.25) is 0 Å². The molecule has 4 atom stereocenters. The van der Waals surface area contributed by atoms with Gasteiger partial charge in [0.05, 0.1) is 37.9 Å². The zero-order valence-corrected chi connectivity index (χ0v) is 20.1. The fourth-order valence-electron chi connectivity index (χ4n) is 5.52. The van der Waals surface area contributed by atoms with Crippen LogP contribution in [0.4, 0.5) is 10.5 Å². The standard InChI is InChI=1S/C24H35N2O3S2/c1-26(10-4-2-3-5-11-27)21-6-7-22(26)15-23(14-21)29-24(28)25(20-9-13-31-18-20)16-19-8-12-30-17-19/h8-9,12-13,17-18,21-23,27H,2-7,10-11,14-16H2,1H3/q+1/t21-,22+,23?,26?. The highest BCUT2D eigenvalue weighted by Gasteiger charge is 2.52. The van der Waals surface area contributed by atoms with Crippen LogP contribution < -0.4 is 4.90 Å². The number of ether oxygens (including phenoxy) is 1. The first-order chi connectivity index (χ1) is 15.1. The van der Waals surface area contributed by atoms with E-state index in [1.54, 1.807) is 27.6 Å². The lowest BCUT2D eigenvalue weighted by Gasteiger charge is -2.47. The number of aliphatic hydroxyl groups is 1. The van der Waals surface area contributed by atoms with Crippen molar-refractivity contribution in [2.75, 3.05) is 25.1 Å². The Morgan fingerprint density at radius 1 is 1.10 bits per heavy atom. The number of amides is 1. The summed E-state index contributed by atoms with van der Waals surface area (Å²) in [5, 5.41) is 17.2. The van der Waals surface area contributed by atoms with Crippen LogP contribution in [0.15, 0.2) is 33.7 Å². The number of hydrogen-bond acceptors (Lipinski definition) is 5. The summed E-state index contributed by atoms with van der Waals surface area (Å²) >= 11 is 3.26. The number of anilines is 1. The Bertz CT molecular complexity index is 795. The molecule has 2 aromatic rings. The molecule has 5 nitrogen and oxygen atoms in total. The fourth-order valence-corrected chi connectivity index (χ4v) is 6.82. The second kappa shape index (κ2) is 10.5. The molecule has 7 heteroatoms. The van der Waals surface area contributed by atoms with Crippen LogP contribution in [0, 0.1) is 0 Å². The Labute approximate surface area is 193 Å². The smallest absolute Gasteiger partial charge is 0.414 e. The van der Waals surface area contributed by atoms with Gasteiger partial charge in [-0.1, -0.05) is 6.42 Å². The summed E-state index contributed by atoms with van der Waals surface area (Å²) in [5.74, 6) is 0. The number of rotatable bonds is 10. The second-order valence-corrected chi connectivity index (χ2v) is 10.8. The SMILES string of the molecule is C[N+]1(CCCCCCO)[C@@H]2CC[C@H]1CC(OC(=O)N(Cc1ccsc1)c1ccsc1)C2. The summed E-state index contributed by atoms with van der Waals surface area (Å²) in [6, 6.07) is 5.26. The molecule has 170 valence electrons. The number of quaternary nitrogens is 1. The quantitative estimate of drug-likeness (QED) is 0.366. The van der Waals surface area contributed by atoms with Gasteiger partial charge in [0.25, 0.3) is 0 Å². The minimum Gasteiger partial charge on any atom is -0.445 e. The highest BCUT2D eigenvalue weighted by molar-refractivity contribution is 7.08. The lowest BCUT2D eigenvalue weighted by molar-refractivity contribution is -0.949. The Kier molecular flexibility index (Phi) is 7.69. The van der Waals surface area contributed by atoms with Crippen molar-refractivity contribution in [1.82, 2.24) is 0 Å². The molecule has 2 aliphatic heterocycles. The number of fused-ring (bicyclic) bond motifs is 2. The van der Waals surface area contributed by atoms with Gasteiger partial charge in [-0.05, 0) is 53.1 Å². The maximum Gasteiger partial charge on any atom is 0.414 e. The number of hydrogen-bond donors (Lipinski definition) is 1. The zero-order chi connectivity index (χ0) is 21.7. The average Bonchev–Trinajstić information content (AvgIpc) is 3.48. The van der Waals surface area contributed by atoms with Crippen molar-refractivity contribution in [2.24, 2.45) is 0 Å². The third-order valence-electron chi connectivity index (χ3n) is 7.35. The van der Waals surface area contributed by atoms with Crippen molar-refractivity contribution in [3.05, 3.63) is 39.2 Å². The first-order valence-electron chi connectivity index (χ1n) is 11.6. The average molecular weight is 464 g/mol. The van der Waals surface area contributed by atoms with Crippen LogP contribution in [0.5, 0.6) is 0 Å². The molecule has 0 spiro atoms. The summed E-state index contributed by atoms with van der Waals surface area (Å²) in [7, 11) is 2.42.